The van der Waals surface area contributed by atoms with Crippen molar-refractivity contribution in [1.29, 1.82) is 0 Å². The van der Waals surface area contributed by atoms with Gasteiger partial charge in [-0.05, 0) is 37.1 Å². The van der Waals surface area contributed by atoms with Gasteiger partial charge in [0.05, 0.1) is 7.11 Å². The number of aryl methyl sites for hydroxylation is 2. The van der Waals surface area contributed by atoms with Gasteiger partial charge in [-0.1, -0.05) is 5.92 Å². The van der Waals surface area contributed by atoms with Crippen LogP contribution in [0.4, 0.5) is 13.2 Å². The van der Waals surface area contributed by atoms with E-state index in [1.54, 1.807) is 13.8 Å². The number of benzene rings is 1. The third-order valence-electron chi connectivity index (χ3n) is 2.82. The number of alkyl halides is 3. The van der Waals surface area contributed by atoms with Crippen LogP contribution in [-0.4, -0.2) is 18.4 Å². The predicted molar refractivity (Wildman–Crippen MR) is 61.3 cm³/mol. The van der Waals surface area contributed by atoms with E-state index < -0.39 is 17.3 Å². The Labute approximate surface area is 103 Å². The fourth-order valence-corrected chi connectivity index (χ4v) is 1.55. The molecule has 18 heavy (non-hydrogen) atoms. The largest absolute Gasteiger partial charge is 0.496 e. The standard InChI is InChI=1S/C13H13F3O2/c1-5-12(17,13(14,15)16)10-6-8(2)9(3)7-11(10)18-4/h1,6-7,17H,2-4H3. The van der Waals surface area contributed by atoms with Gasteiger partial charge in [-0.15, -0.1) is 6.42 Å². The molecule has 1 unspecified atom stereocenters. The van der Waals surface area contributed by atoms with Crippen LogP contribution in [0.5, 0.6) is 5.75 Å². The molecule has 0 saturated heterocycles. The molecule has 1 N–H and O–H groups in total. The quantitative estimate of drug-likeness (QED) is 0.826. The summed E-state index contributed by atoms with van der Waals surface area (Å²) in [6.07, 6.45) is -0.114. The molecule has 5 heteroatoms. The summed E-state index contributed by atoms with van der Waals surface area (Å²) in [4.78, 5) is 0. The molecule has 0 radical (unpaired) electrons. The van der Waals surface area contributed by atoms with Crippen LogP contribution in [-0.2, 0) is 5.60 Å². The third kappa shape index (κ3) is 2.16. The van der Waals surface area contributed by atoms with Crippen molar-refractivity contribution in [3.63, 3.8) is 0 Å². The lowest BCUT2D eigenvalue weighted by atomic mass is 9.90. The van der Waals surface area contributed by atoms with E-state index in [0.29, 0.717) is 5.56 Å². The highest BCUT2D eigenvalue weighted by molar-refractivity contribution is 5.48. The SMILES string of the molecule is C#CC(O)(c1cc(C)c(C)cc1OC)C(F)(F)F. The third-order valence-corrected chi connectivity index (χ3v) is 2.82. The van der Waals surface area contributed by atoms with Crippen molar-refractivity contribution in [3.05, 3.63) is 28.8 Å². The molecule has 0 spiro atoms. The highest BCUT2D eigenvalue weighted by atomic mass is 19.4. The van der Waals surface area contributed by atoms with Gasteiger partial charge < -0.3 is 9.84 Å². The molecular formula is C13H13F3O2. The van der Waals surface area contributed by atoms with Crippen LogP contribution in [0.15, 0.2) is 12.1 Å². The Balaban J connectivity index is 3.58. The van der Waals surface area contributed by atoms with E-state index >= 15 is 0 Å². The molecule has 0 amide bonds. The van der Waals surface area contributed by atoms with Gasteiger partial charge >= 0.3 is 6.18 Å². The second-order valence-corrected chi connectivity index (χ2v) is 3.99. The van der Waals surface area contributed by atoms with Crippen molar-refractivity contribution in [2.45, 2.75) is 25.6 Å². The molecule has 2 nitrogen and oxygen atoms in total. The van der Waals surface area contributed by atoms with Crippen molar-refractivity contribution < 1.29 is 23.0 Å². The Kier molecular flexibility index (Phi) is 3.63. The summed E-state index contributed by atoms with van der Waals surface area (Å²) in [7, 11) is 1.22. The summed E-state index contributed by atoms with van der Waals surface area (Å²) in [6, 6.07) is 2.61. The lowest BCUT2D eigenvalue weighted by Crippen LogP contribution is -2.41. The molecule has 1 aromatic carbocycles. The van der Waals surface area contributed by atoms with Crippen LogP contribution in [0.2, 0.25) is 0 Å². The maximum Gasteiger partial charge on any atom is 0.433 e. The predicted octanol–water partition coefficient (Wildman–Crippen LogP) is 2.70. The first-order valence-corrected chi connectivity index (χ1v) is 5.10. The Hall–Kier alpha value is -1.67. The van der Waals surface area contributed by atoms with Gasteiger partial charge in [-0.2, -0.15) is 13.2 Å². The maximum atomic E-state index is 12.9. The molecule has 1 atom stereocenters. The lowest BCUT2D eigenvalue weighted by molar-refractivity contribution is -0.241. The van der Waals surface area contributed by atoms with Gasteiger partial charge in [0.15, 0.2) is 0 Å². The van der Waals surface area contributed by atoms with E-state index in [1.807, 2.05) is 0 Å². The van der Waals surface area contributed by atoms with Crippen LogP contribution < -0.4 is 4.74 Å². The van der Waals surface area contributed by atoms with Gasteiger partial charge in [0.2, 0.25) is 0 Å². The molecule has 98 valence electrons. The Morgan fingerprint density at radius 3 is 2.11 bits per heavy atom. The molecule has 0 aliphatic heterocycles. The molecule has 1 rings (SSSR count). The molecule has 0 heterocycles. The second-order valence-electron chi connectivity index (χ2n) is 3.99. The number of ether oxygens (including phenoxy) is 1. The first-order chi connectivity index (χ1) is 8.17. The topological polar surface area (TPSA) is 29.5 Å². The van der Waals surface area contributed by atoms with Crippen LogP contribution in [0.3, 0.4) is 0 Å². The fourth-order valence-electron chi connectivity index (χ4n) is 1.55. The lowest BCUT2D eigenvalue weighted by Gasteiger charge is -2.27. The zero-order valence-corrected chi connectivity index (χ0v) is 10.2. The van der Waals surface area contributed by atoms with E-state index in [1.165, 1.54) is 25.2 Å². The Bertz CT molecular complexity index is 500. The summed E-state index contributed by atoms with van der Waals surface area (Å²) in [5.41, 5.74) is -2.49. The summed E-state index contributed by atoms with van der Waals surface area (Å²) in [5.74, 6) is 1.32. The van der Waals surface area contributed by atoms with Gasteiger partial charge in [0.1, 0.15) is 5.75 Å². The fraction of sp³-hybridized carbons (Fsp3) is 0.385. The monoisotopic (exact) mass is 258 g/mol. The molecule has 0 bridgehead atoms. The van der Waals surface area contributed by atoms with E-state index in [2.05, 4.69) is 0 Å². The zero-order valence-electron chi connectivity index (χ0n) is 10.2. The van der Waals surface area contributed by atoms with Crippen molar-refractivity contribution in [2.75, 3.05) is 7.11 Å². The number of hydrogen-bond acceptors (Lipinski definition) is 2. The Morgan fingerprint density at radius 1 is 1.22 bits per heavy atom. The molecular weight excluding hydrogens is 245 g/mol. The summed E-state index contributed by atoms with van der Waals surface area (Å²) in [6.45, 7) is 3.36. The molecule has 0 aromatic heterocycles. The van der Waals surface area contributed by atoms with Crippen LogP contribution >= 0.6 is 0 Å². The van der Waals surface area contributed by atoms with Gasteiger partial charge in [-0.3, -0.25) is 0 Å². The van der Waals surface area contributed by atoms with Crippen molar-refractivity contribution in [3.8, 4) is 18.1 Å². The molecule has 0 fully saturated rings. The van der Waals surface area contributed by atoms with E-state index in [-0.39, 0.29) is 5.75 Å². The minimum atomic E-state index is -4.98. The summed E-state index contributed by atoms with van der Waals surface area (Å²) in [5, 5.41) is 9.71. The molecule has 0 saturated carbocycles. The van der Waals surface area contributed by atoms with Crippen LogP contribution in [0.1, 0.15) is 16.7 Å². The first kappa shape index (κ1) is 14.4. The average Bonchev–Trinajstić information content (AvgIpc) is 2.29. The highest BCUT2D eigenvalue weighted by Crippen LogP contribution is 2.43. The maximum absolute atomic E-state index is 12.9. The number of methoxy groups -OCH3 is 1. The minimum Gasteiger partial charge on any atom is -0.496 e. The first-order valence-electron chi connectivity index (χ1n) is 5.10. The van der Waals surface area contributed by atoms with Crippen molar-refractivity contribution >= 4 is 0 Å². The molecule has 0 aliphatic carbocycles. The average molecular weight is 258 g/mol. The number of hydrogen-bond donors (Lipinski definition) is 1. The normalized spacial score (nSPS) is 14.8. The number of aliphatic hydroxyl groups is 1. The van der Waals surface area contributed by atoms with Crippen molar-refractivity contribution in [2.24, 2.45) is 0 Å². The van der Waals surface area contributed by atoms with Crippen LogP contribution in [0.25, 0.3) is 0 Å². The van der Waals surface area contributed by atoms with Gasteiger partial charge in [-0.25, -0.2) is 0 Å². The smallest absolute Gasteiger partial charge is 0.433 e. The number of halogens is 3. The molecule has 0 aliphatic rings. The zero-order chi connectivity index (χ0) is 14.1. The molecule has 1 aromatic rings. The summed E-state index contributed by atoms with van der Waals surface area (Å²) < 4.78 is 43.5. The van der Waals surface area contributed by atoms with E-state index in [0.717, 1.165) is 5.56 Å². The van der Waals surface area contributed by atoms with Gasteiger partial charge in [0, 0.05) is 5.56 Å². The summed E-state index contributed by atoms with van der Waals surface area (Å²) >= 11 is 0. The van der Waals surface area contributed by atoms with Crippen molar-refractivity contribution in [1.82, 2.24) is 0 Å². The van der Waals surface area contributed by atoms with E-state index in [4.69, 9.17) is 11.2 Å². The van der Waals surface area contributed by atoms with Crippen LogP contribution in [0, 0.1) is 26.2 Å². The minimum absolute atomic E-state index is 0.0872. The number of terminal acetylenes is 1. The second kappa shape index (κ2) is 4.54. The number of rotatable bonds is 2. The highest BCUT2D eigenvalue weighted by Gasteiger charge is 2.55. The Morgan fingerprint density at radius 2 is 1.72 bits per heavy atom. The van der Waals surface area contributed by atoms with E-state index in [9.17, 15) is 18.3 Å². The van der Waals surface area contributed by atoms with Gasteiger partial charge in [0.25, 0.3) is 5.60 Å².